The Morgan fingerprint density at radius 1 is 1.17 bits per heavy atom. The molecule has 0 saturated carbocycles. The molecule has 1 aliphatic rings. The maximum absolute atomic E-state index is 12.5. The van der Waals surface area contributed by atoms with Gasteiger partial charge in [0.15, 0.2) is 0 Å². The van der Waals surface area contributed by atoms with Gasteiger partial charge in [-0.15, -0.1) is 11.8 Å². The fraction of sp³-hybridized carbons (Fsp3) is 0.350. The summed E-state index contributed by atoms with van der Waals surface area (Å²) >= 11 is 1.82. The van der Waals surface area contributed by atoms with Gasteiger partial charge in [0.2, 0.25) is 5.91 Å². The normalized spacial score (nSPS) is 17.3. The number of carbonyl (C=O) groups is 1. The molecule has 1 unspecified atom stereocenters. The fourth-order valence-electron chi connectivity index (χ4n) is 2.82. The van der Waals surface area contributed by atoms with E-state index in [1.54, 1.807) is 0 Å². The van der Waals surface area contributed by atoms with Crippen LogP contribution in [0.3, 0.4) is 0 Å². The van der Waals surface area contributed by atoms with Crippen LogP contribution < -0.4 is 4.74 Å². The van der Waals surface area contributed by atoms with Crippen LogP contribution >= 0.6 is 11.8 Å². The van der Waals surface area contributed by atoms with Crippen LogP contribution in [0.2, 0.25) is 0 Å². The van der Waals surface area contributed by atoms with Crippen LogP contribution in [0.25, 0.3) is 0 Å². The van der Waals surface area contributed by atoms with Gasteiger partial charge in [0.1, 0.15) is 16.9 Å². The van der Waals surface area contributed by atoms with Crippen molar-refractivity contribution < 1.29 is 9.53 Å². The van der Waals surface area contributed by atoms with Crippen molar-refractivity contribution >= 4 is 17.7 Å². The maximum Gasteiger partial charge on any atom is 0.224 e. The molecule has 24 heavy (non-hydrogen) atoms. The molecule has 0 N–H and O–H groups in total. The first-order valence-electron chi connectivity index (χ1n) is 8.37. The molecule has 1 amide bonds. The molecular weight excluding hydrogens is 318 g/mol. The molecular formula is C20H23NO2S. The zero-order valence-corrected chi connectivity index (χ0v) is 15.0. The minimum absolute atomic E-state index is 0.0931. The molecule has 2 aromatic rings. The second-order valence-corrected chi connectivity index (χ2v) is 7.58. The van der Waals surface area contributed by atoms with E-state index in [1.807, 2.05) is 65.2 Å². The Balaban J connectivity index is 1.76. The lowest BCUT2D eigenvalue weighted by Crippen LogP contribution is -2.31. The number of para-hydroxylation sites is 1. The summed E-state index contributed by atoms with van der Waals surface area (Å²) in [6, 6.07) is 17.8. The van der Waals surface area contributed by atoms with E-state index in [-0.39, 0.29) is 11.3 Å². The third kappa shape index (κ3) is 4.12. The van der Waals surface area contributed by atoms with Gasteiger partial charge in [0.05, 0.1) is 0 Å². The Labute approximate surface area is 148 Å². The number of hydrogen-bond acceptors (Lipinski definition) is 3. The molecule has 0 radical (unpaired) electrons. The van der Waals surface area contributed by atoms with Crippen LogP contribution in [0.15, 0.2) is 54.6 Å². The Morgan fingerprint density at radius 3 is 2.67 bits per heavy atom. The van der Waals surface area contributed by atoms with Crippen LogP contribution in [-0.2, 0) is 4.79 Å². The Hall–Kier alpha value is -1.94. The molecule has 0 aliphatic carbocycles. The van der Waals surface area contributed by atoms with Crippen LogP contribution in [0, 0.1) is 5.92 Å². The number of amides is 1. The van der Waals surface area contributed by atoms with Gasteiger partial charge in [-0.2, -0.15) is 0 Å². The average molecular weight is 341 g/mol. The molecule has 126 valence electrons. The molecule has 2 aromatic carbocycles. The summed E-state index contributed by atoms with van der Waals surface area (Å²) in [4.78, 5) is 14.5. The summed E-state index contributed by atoms with van der Waals surface area (Å²) in [6.45, 7) is 5.00. The summed E-state index contributed by atoms with van der Waals surface area (Å²) in [5.41, 5.74) is 1.13. The SMILES string of the molecule is CC(C)CC(=O)N1CCSC1c1cccc(Oc2ccccc2)c1. The molecule has 1 saturated heterocycles. The lowest BCUT2D eigenvalue weighted by atomic mass is 10.1. The van der Waals surface area contributed by atoms with Crippen LogP contribution in [0.4, 0.5) is 0 Å². The van der Waals surface area contributed by atoms with Crippen molar-refractivity contribution in [2.45, 2.75) is 25.6 Å². The molecule has 1 aliphatic heterocycles. The van der Waals surface area contributed by atoms with E-state index in [0.717, 1.165) is 29.4 Å². The average Bonchev–Trinajstić information content (AvgIpc) is 3.05. The minimum atomic E-state index is 0.0931. The van der Waals surface area contributed by atoms with E-state index in [4.69, 9.17) is 4.74 Å². The Morgan fingerprint density at radius 2 is 1.92 bits per heavy atom. The first-order chi connectivity index (χ1) is 11.6. The predicted molar refractivity (Wildman–Crippen MR) is 99.3 cm³/mol. The van der Waals surface area contributed by atoms with Crippen LogP contribution in [0.1, 0.15) is 31.2 Å². The van der Waals surface area contributed by atoms with E-state index in [0.29, 0.717) is 12.3 Å². The van der Waals surface area contributed by atoms with Crippen molar-refractivity contribution in [3.8, 4) is 11.5 Å². The van der Waals surface area contributed by atoms with Crippen molar-refractivity contribution in [1.29, 1.82) is 0 Å². The van der Waals surface area contributed by atoms with E-state index < -0.39 is 0 Å². The first kappa shape index (κ1) is 16.9. The number of nitrogens with zero attached hydrogens (tertiary/aromatic N) is 1. The summed E-state index contributed by atoms with van der Waals surface area (Å²) in [6.07, 6.45) is 0.608. The van der Waals surface area contributed by atoms with Crippen molar-refractivity contribution in [3.63, 3.8) is 0 Å². The predicted octanol–water partition coefficient (Wildman–Crippen LogP) is 5.10. The lowest BCUT2D eigenvalue weighted by Gasteiger charge is -2.25. The highest BCUT2D eigenvalue weighted by Gasteiger charge is 2.30. The molecule has 0 bridgehead atoms. The highest BCUT2D eigenvalue weighted by atomic mass is 32.2. The summed E-state index contributed by atoms with van der Waals surface area (Å²) < 4.78 is 5.93. The molecule has 0 aromatic heterocycles. The fourth-order valence-corrected chi connectivity index (χ4v) is 4.09. The lowest BCUT2D eigenvalue weighted by molar-refractivity contribution is -0.132. The Kier molecular flexibility index (Phi) is 5.46. The molecule has 0 spiro atoms. The number of carbonyl (C=O) groups excluding carboxylic acids is 1. The molecule has 3 nitrogen and oxygen atoms in total. The van der Waals surface area contributed by atoms with Gasteiger partial charge < -0.3 is 9.64 Å². The Bertz CT molecular complexity index is 687. The monoisotopic (exact) mass is 341 g/mol. The quantitative estimate of drug-likeness (QED) is 0.758. The smallest absolute Gasteiger partial charge is 0.224 e. The third-order valence-corrected chi connectivity index (χ3v) is 5.18. The highest BCUT2D eigenvalue weighted by Crippen LogP contribution is 2.39. The second kappa shape index (κ2) is 7.75. The molecule has 3 rings (SSSR count). The van der Waals surface area contributed by atoms with Gasteiger partial charge in [-0.1, -0.05) is 44.2 Å². The van der Waals surface area contributed by atoms with E-state index in [1.165, 1.54) is 0 Å². The number of hydrogen-bond donors (Lipinski definition) is 0. The third-order valence-electron chi connectivity index (χ3n) is 3.92. The molecule has 1 atom stereocenters. The molecule has 1 fully saturated rings. The van der Waals surface area contributed by atoms with Crippen molar-refractivity contribution in [2.24, 2.45) is 5.92 Å². The standard InChI is InChI=1S/C20H23NO2S/c1-15(2)13-19(22)21-11-12-24-20(21)16-7-6-10-18(14-16)23-17-8-4-3-5-9-17/h3-10,14-15,20H,11-13H2,1-2H3. The van der Waals surface area contributed by atoms with Gasteiger partial charge in [-0.25, -0.2) is 0 Å². The summed E-state index contributed by atoms with van der Waals surface area (Å²) in [5.74, 6) is 3.24. The summed E-state index contributed by atoms with van der Waals surface area (Å²) in [7, 11) is 0. The van der Waals surface area contributed by atoms with Crippen LogP contribution in [-0.4, -0.2) is 23.1 Å². The number of ether oxygens (including phenoxy) is 1. The van der Waals surface area contributed by atoms with E-state index >= 15 is 0 Å². The zero-order valence-electron chi connectivity index (χ0n) is 14.1. The van der Waals surface area contributed by atoms with Crippen molar-refractivity contribution in [2.75, 3.05) is 12.3 Å². The van der Waals surface area contributed by atoms with E-state index in [9.17, 15) is 4.79 Å². The second-order valence-electron chi connectivity index (χ2n) is 6.40. The van der Waals surface area contributed by atoms with Gasteiger partial charge in [-0.05, 0) is 35.7 Å². The summed E-state index contributed by atoms with van der Waals surface area (Å²) in [5, 5.41) is 0.0931. The number of rotatable bonds is 5. The van der Waals surface area contributed by atoms with Gasteiger partial charge in [-0.3, -0.25) is 4.79 Å². The highest BCUT2D eigenvalue weighted by molar-refractivity contribution is 7.99. The minimum Gasteiger partial charge on any atom is -0.457 e. The maximum atomic E-state index is 12.5. The van der Waals surface area contributed by atoms with Crippen molar-refractivity contribution in [3.05, 3.63) is 60.2 Å². The van der Waals surface area contributed by atoms with Crippen molar-refractivity contribution in [1.82, 2.24) is 4.90 Å². The van der Waals surface area contributed by atoms with Crippen LogP contribution in [0.5, 0.6) is 11.5 Å². The van der Waals surface area contributed by atoms with E-state index in [2.05, 4.69) is 19.9 Å². The molecule has 1 heterocycles. The van der Waals surface area contributed by atoms with Gasteiger partial charge in [0, 0.05) is 18.7 Å². The first-order valence-corrected chi connectivity index (χ1v) is 9.42. The number of benzene rings is 2. The van der Waals surface area contributed by atoms with Gasteiger partial charge >= 0.3 is 0 Å². The largest absolute Gasteiger partial charge is 0.457 e. The topological polar surface area (TPSA) is 29.5 Å². The van der Waals surface area contributed by atoms with Gasteiger partial charge in [0.25, 0.3) is 0 Å². The number of thioether (sulfide) groups is 1. The molecule has 4 heteroatoms. The zero-order chi connectivity index (χ0) is 16.9.